The fourth-order valence-corrected chi connectivity index (χ4v) is 2.46. The lowest BCUT2D eigenvalue weighted by molar-refractivity contribution is 0.291. The Bertz CT molecular complexity index is 373. The molecule has 1 rings (SSSR count). The summed E-state index contributed by atoms with van der Waals surface area (Å²) in [7, 11) is 0. The van der Waals surface area contributed by atoms with Gasteiger partial charge in [0.05, 0.1) is 0 Å². The molecule has 1 unspecified atom stereocenters. The maximum atomic E-state index is 6.04. The van der Waals surface area contributed by atoms with Crippen molar-refractivity contribution in [3.05, 3.63) is 34.9 Å². The first kappa shape index (κ1) is 16.5. The number of hydrogen-bond acceptors (Lipinski definition) is 1. The second kappa shape index (κ2) is 7.91. The van der Waals surface area contributed by atoms with E-state index in [1.807, 2.05) is 18.2 Å². The molecule has 0 spiro atoms. The Balaban J connectivity index is 2.42. The summed E-state index contributed by atoms with van der Waals surface area (Å²) in [6.45, 7) is 10.2. The molecule has 1 aromatic carbocycles. The van der Waals surface area contributed by atoms with Crippen LogP contribution in [0.4, 0.5) is 0 Å². The Morgan fingerprint density at radius 2 is 2.00 bits per heavy atom. The molecule has 2 heteroatoms. The molecule has 0 saturated heterocycles. The van der Waals surface area contributed by atoms with E-state index in [2.05, 4.69) is 39.1 Å². The number of nitrogens with one attached hydrogen (secondary N) is 1. The van der Waals surface area contributed by atoms with E-state index >= 15 is 0 Å². The molecule has 0 bridgehead atoms. The average molecular weight is 282 g/mol. The Labute approximate surface area is 123 Å². The molecule has 108 valence electrons. The summed E-state index contributed by atoms with van der Waals surface area (Å²) < 4.78 is 0. The molecule has 0 heterocycles. The zero-order chi connectivity index (χ0) is 14.3. The van der Waals surface area contributed by atoms with E-state index in [0.717, 1.165) is 11.6 Å². The molecule has 0 aliphatic rings. The third kappa shape index (κ3) is 6.44. The highest BCUT2D eigenvalue weighted by atomic mass is 35.5. The zero-order valence-corrected chi connectivity index (χ0v) is 13.6. The normalized spacial score (nSPS) is 13.5. The van der Waals surface area contributed by atoms with Gasteiger partial charge in [0, 0.05) is 17.6 Å². The second-order valence-electron chi connectivity index (χ2n) is 6.28. The first-order valence-electron chi connectivity index (χ1n) is 7.43. The molecule has 1 nitrogen and oxygen atoms in total. The van der Waals surface area contributed by atoms with Gasteiger partial charge in [-0.15, -0.1) is 0 Å². The van der Waals surface area contributed by atoms with Crippen molar-refractivity contribution in [2.75, 3.05) is 6.54 Å². The predicted octanol–water partition coefficient (Wildman–Crippen LogP) is 5.60. The summed E-state index contributed by atoms with van der Waals surface area (Å²) in [5.41, 5.74) is 1.62. The molecule has 0 amide bonds. The smallest absolute Gasteiger partial charge is 0.0409 e. The molecule has 1 aromatic rings. The third-order valence-corrected chi connectivity index (χ3v) is 3.93. The van der Waals surface area contributed by atoms with Crippen molar-refractivity contribution in [1.29, 1.82) is 0 Å². The Morgan fingerprint density at radius 3 is 2.63 bits per heavy atom. The van der Waals surface area contributed by atoms with Gasteiger partial charge in [0.25, 0.3) is 0 Å². The van der Waals surface area contributed by atoms with Crippen LogP contribution < -0.4 is 5.32 Å². The Hall–Kier alpha value is -0.530. The van der Waals surface area contributed by atoms with Gasteiger partial charge in [-0.2, -0.15) is 0 Å². The topological polar surface area (TPSA) is 12.0 Å². The van der Waals surface area contributed by atoms with E-state index in [0.29, 0.717) is 11.5 Å². The van der Waals surface area contributed by atoms with Gasteiger partial charge in [-0.25, -0.2) is 0 Å². The molecular formula is C17H28ClN. The van der Waals surface area contributed by atoms with Crippen LogP contribution in [0.15, 0.2) is 24.3 Å². The van der Waals surface area contributed by atoms with Crippen LogP contribution in [0.2, 0.25) is 5.02 Å². The summed E-state index contributed by atoms with van der Waals surface area (Å²) in [5.74, 6) is 0. The van der Waals surface area contributed by atoms with Gasteiger partial charge in [0.1, 0.15) is 0 Å². The zero-order valence-electron chi connectivity index (χ0n) is 12.8. The van der Waals surface area contributed by atoms with E-state index in [1.54, 1.807) is 0 Å². The molecule has 0 aliphatic carbocycles. The highest BCUT2D eigenvalue weighted by Gasteiger charge is 2.18. The molecular weight excluding hydrogens is 254 g/mol. The van der Waals surface area contributed by atoms with Crippen molar-refractivity contribution in [3.63, 3.8) is 0 Å². The standard InChI is InChI=1S/C17H28ClN/c1-5-6-7-11-17(3,4)13-19-14(2)15-9-8-10-16(18)12-15/h8-10,12,14,19H,5-7,11,13H2,1-4H3. The fraction of sp³-hybridized carbons (Fsp3) is 0.647. The number of halogens is 1. The van der Waals surface area contributed by atoms with Crippen LogP contribution in [0.5, 0.6) is 0 Å². The Kier molecular flexibility index (Phi) is 6.88. The summed E-state index contributed by atoms with van der Waals surface area (Å²) in [6, 6.07) is 8.47. The van der Waals surface area contributed by atoms with Gasteiger partial charge in [-0.05, 0) is 36.5 Å². The monoisotopic (exact) mass is 281 g/mol. The summed E-state index contributed by atoms with van der Waals surface area (Å²) in [4.78, 5) is 0. The lowest BCUT2D eigenvalue weighted by atomic mass is 9.86. The van der Waals surface area contributed by atoms with E-state index in [4.69, 9.17) is 11.6 Å². The number of hydrogen-bond donors (Lipinski definition) is 1. The molecule has 19 heavy (non-hydrogen) atoms. The second-order valence-corrected chi connectivity index (χ2v) is 6.72. The van der Waals surface area contributed by atoms with Crippen LogP contribution in [0.25, 0.3) is 0 Å². The van der Waals surface area contributed by atoms with Crippen LogP contribution >= 0.6 is 11.6 Å². The maximum absolute atomic E-state index is 6.04. The quantitative estimate of drug-likeness (QED) is 0.612. The van der Waals surface area contributed by atoms with Crippen molar-refractivity contribution in [2.24, 2.45) is 5.41 Å². The van der Waals surface area contributed by atoms with Gasteiger partial charge in [0.15, 0.2) is 0 Å². The van der Waals surface area contributed by atoms with Crippen LogP contribution in [0.3, 0.4) is 0 Å². The SMILES string of the molecule is CCCCCC(C)(C)CNC(C)c1cccc(Cl)c1. The van der Waals surface area contributed by atoms with Gasteiger partial charge in [0.2, 0.25) is 0 Å². The van der Waals surface area contributed by atoms with E-state index in [1.165, 1.54) is 31.2 Å². The Morgan fingerprint density at radius 1 is 1.26 bits per heavy atom. The van der Waals surface area contributed by atoms with E-state index in [9.17, 15) is 0 Å². The largest absolute Gasteiger partial charge is 0.310 e. The van der Waals surface area contributed by atoms with Crippen molar-refractivity contribution < 1.29 is 0 Å². The molecule has 0 aromatic heterocycles. The van der Waals surface area contributed by atoms with Gasteiger partial charge in [-0.1, -0.05) is 63.8 Å². The van der Waals surface area contributed by atoms with E-state index < -0.39 is 0 Å². The summed E-state index contributed by atoms with van der Waals surface area (Å²) >= 11 is 6.04. The predicted molar refractivity (Wildman–Crippen MR) is 85.8 cm³/mol. The minimum Gasteiger partial charge on any atom is -0.310 e. The van der Waals surface area contributed by atoms with E-state index in [-0.39, 0.29) is 0 Å². The van der Waals surface area contributed by atoms with Crippen molar-refractivity contribution in [2.45, 2.75) is 59.4 Å². The molecule has 1 N–H and O–H groups in total. The molecule has 0 fully saturated rings. The molecule has 0 aliphatic heterocycles. The van der Waals surface area contributed by atoms with Crippen molar-refractivity contribution in [1.82, 2.24) is 5.32 Å². The van der Waals surface area contributed by atoms with Crippen molar-refractivity contribution in [3.8, 4) is 0 Å². The summed E-state index contributed by atoms with van der Waals surface area (Å²) in [5, 5.41) is 4.45. The first-order valence-corrected chi connectivity index (χ1v) is 7.81. The third-order valence-electron chi connectivity index (χ3n) is 3.69. The van der Waals surface area contributed by atoms with Gasteiger partial charge < -0.3 is 5.32 Å². The highest BCUT2D eigenvalue weighted by molar-refractivity contribution is 6.30. The minimum absolute atomic E-state index is 0.351. The molecule has 1 atom stereocenters. The highest BCUT2D eigenvalue weighted by Crippen LogP contribution is 2.24. The number of benzene rings is 1. The maximum Gasteiger partial charge on any atom is 0.0409 e. The van der Waals surface area contributed by atoms with Crippen LogP contribution in [-0.4, -0.2) is 6.54 Å². The van der Waals surface area contributed by atoms with Crippen molar-refractivity contribution >= 4 is 11.6 Å². The van der Waals surface area contributed by atoms with Gasteiger partial charge in [-0.3, -0.25) is 0 Å². The lowest BCUT2D eigenvalue weighted by Gasteiger charge is -2.27. The van der Waals surface area contributed by atoms with Crippen LogP contribution in [0.1, 0.15) is 65.0 Å². The van der Waals surface area contributed by atoms with Crippen LogP contribution in [-0.2, 0) is 0 Å². The minimum atomic E-state index is 0.351. The molecule has 0 saturated carbocycles. The number of rotatable bonds is 8. The molecule has 0 radical (unpaired) electrons. The first-order chi connectivity index (χ1) is 8.94. The summed E-state index contributed by atoms with van der Waals surface area (Å²) in [6.07, 6.45) is 5.25. The fourth-order valence-electron chi connectivity index (χ4n) is 2.27. The van der Waals surface area contributed by atoms with Crippen LogP contribution in [0, 0.1) is 5.41 Å². The number of unbranched alkanes of at least 4 members (excludes halogenated alkanes) is 2. The van der Waals surface area contributed by atoms with Gasteiger partial charge >= 0.3 is 0 Å². The lowest BCUT2D eigenvalue weighted by Crippen LogP contribution is -2.31. The average Bonchev–Trinajstić information content (AvgIpc) is 2.36.